The zero-order chi connectivity index (χ0) is 17.5. The maximum absolute atomic E-state index is 12.7. The monoisotopic (exact) mass is 352 g/mol. The highest BCUT2D eigenvalue weighted by molar-refractivity contribution is 7.89. The van der Waals surface area contributed by atoms with E-state index in [2.05, 4.69) is 4.72 Å². The van der Waals surface area contributed by atoms with E-state index in [1.807, 2.05) is 0 Å². The van der Waals surface area contributed by atoms with Crippen molar-refractivity contribution in [2.45, 2.75) is 43.2 Å². The SMILES string of the molecule is CC1C(C(=O)O)CCN1C(=O)c1cccc(S(=O)(=O)NC2CC2)c1. The summed E-state index contributed by atoms with van der Waals surface area (Å²) in [5.74, 6) is -1.84. The summed E-state index contributed by atoms with van der Waals surface area (Å²) in [5, 5.41) is 9.17. The largest absolute Gasteiger partial charge is 0.481 e. The van der Waals surface area contributed by atoms with E-state index in [-0.39, 0.29) is 22.4 Å². The van der Waals surface area contributed by atoms with E-state index in [1.165, 1.54) is 23.1 Å². The lowest BCUT2D eigenvalue weighted by Gasteiger charge is -2.23. The first-order valence-electron chi connectivity index (χ1n) is 7.96. The first kappa shape index (κ1) is 16.9. The van der Waals surface area contributed by atoms with E-state index >= 15 is 0 Å². The molecule has 1 saturated heterocycles. The number of carboxylic acids is 1. The minimum atomic E-state index is -3.63. The van der Waals surface area contributed by atoms with Crippen LogP contribution in [0.2, 0.25) is 0 Å². The third-order valence-corrected chi connectivity index (χ3v) is 6.14. The fourth-order valence-corrected chi connectivity index (χ4v) is 4.36. The molecule has 130 valence electrons. The molecule has 2 N–H and O–H groups in total. The molecular weight excluding hydrogens is 332 g/mol. The second-order valence-corrected chi connectivity index (χ2v) is 8.11. The summed E-state index contributed by atoms with van der Waals surface area (Å²) in [4.78, 5) is 25.4. The molecule has 1 aliphatic heterocycles. The summed E-state index contributed by atoms with van der Waals surface area (Å²) in [5.41, 5.74) is 0.256. The van der Waals surface area contributed by atoms with E-state index in [9.17, 15) is 18.0 Å². The summed E-state index contributed by atoms with van der Waals surface area (Å²) in [6.45, 7) is 2.06. The highest BCUT2D eigenvalue weighted by Gasteiger charge is 2.38. The lowest BCUT2D eigenvalue weighted by atomic mass is 10.0. The van der Waals surface area contributed by atoms with Gasteiger partial charge in [0, 0.05) is 24.2 Å². The predicted octanol–water partition coefficient (Wildman–Crippen LogP) is 1.06. The maximum Gasteiger partial charge on any atom is 0.308 e. The fraction of sp³-hybridized carbons (Fsp3) is 0.500. The summed E-state index contributed by atoms with van der Waals surface area (Å²) in [6, 6.07) is 5.47. The van der Waals surface area contributed by atoms with Crippen molar-refractivity contribution >= 4 is 21.9 Å². The highest BCUT2D eigenvalue weighted by atomic mass is 32.2. The van der Waals surface area contributed by atoms with Crippen LogP contribution in [-0.2, 0) is 14.8 Å². The molecule has 2 fully saturated rings. The summed E-state index contributed by atoms with van der Waals surface area (Å²) in [6.07, 6.45) is 2.07. The molecule has 0 bridgehead atoms. The Kier molecular flexibility index (Phi) is 4.35. The molecule has 7 nitrogen and oxygen atoms in total. The Morgan fingerprint density at radius 3 is 2.54 bits per heavy atom. The smallest absolute Gasteiger partial charge is 0.308 e. The van der Waals surface area contributed by atoms with Gasteiger partial charge < -0.3 is 10.0 Å². The van der Waals surface area contributed by atoms with Crippen LogP contribution in [0.25, 0.3) is 0 Å². The second kappa shape index (κ2) is 6.18. The van der Waals surface area contributed by atoms with Crippen LogP contribution in [0.15, 0.2) is 29.2 Å². The lowest BCUT2D eigenvalue weighted by molar-refractivity contribution is -0.142. The Morgan fingerprint density at radius 1 is 1.25 bits per heavy atom. The van der Waals surface area contributed by atoms with Crippen molar-refractivity contribution in [3.05, 3.63) is 29.8 Å². The Bertz CT molecular complexity index is 772. The normalized spacial score (nSPS) is 24.1. The number of nitrogens with one attached hydrogen (secondary N) is 1. The molecule has 24 heavy (non-hydrogen) atoms. The summed E-state index contributed by atoms with van der Waals surface area (Å²) >= 11 is 0. The standard InChI is InChI=1S/C16H20N2O5S/c1-10-14(16(20)21)7-8-18(10)15(19)11-3-2-4-13(9-11)24(22,23)17-12-5-6-12/h2-4,9-10,12,14,17H,5-8H2,1H3,(H,20,21). The van der Waals surface area contributed by atoms with Crippen molar-refractivity contribution in [3.63, 3.8) is 0 Å². The highest BCUT2D eigenvalue weighted by Crippen LogP contribution is 2.27. The molecule has 1 amide bonds. The van der Waals surface area contributed by atoms with Gasteiger partial charge in [0.25, 0.3) is 5.91 Å². The van der Waals surface area contributed by atoms with E-state index in [4.69, 9.17) is 5.11 Å². The van der Waals surface area contributed by atoms with Crippen molar-refractivity contribution in [2.24, 2.45) is 5.92 Å². The van der Waals surface area contributed by atoms with Gasteiger partial charge in [-0.25, -0.2) is 13.1 Å². The fourth-order valence-electron chi connectivity index (χ4n) is 3.01. The van der Waals surface area contributed by atoms with Gasteiger partial charge in [-0.15, -0.1) is 0 Å². The molecule has 2 aliphatic rings. The van der Waals surface area contributed by atoms with E-state index in [0.717, 1.165) is 12.8 Å². The van der Waals surface area contributed by atoms with Crippen LogP contribution in [0, 0.1) is 5.92 Å². The van der Waals surface area contributed by atoms with Crippen LogP contribution < -0.4 is 4.72 Å². The molecule has 0 radical (unpaired) electrons. The van der Waals surface area contributed by atoms with Crippen molar-refractivity contribution in [1.29, 1.82) is 0 Å². The van der Waals surface area contributed by atoms with Crippen LogP contribution >= 0.6 is 0 Å². The van der Waals surface area contributed by atoms with Gasteiger partial charge in [-0.3, -0.25) is 9.59 Å². The Hall–Kier alpha value is -1.93. The van der Waals surface area contributed by atoms with Gasteiger partial charge in [0.15, 0.2) is 0 Å². The number of hydrogen-bond donors (Lipinski definition) is 2. The second-order valence-electron chi connectivity index (χ2n) is 6.40. The van der Waals surface area contributed by atoms with Crippen LogP contribution in [0.1, 0.15) is 36.5 Å². The number of aliphatic carboxylic acids is 1. The number of amides is 1. The van der Waals surface area contributed by atoms with Crippen LogP contribution in [-0.4, -0.2) is 48.9 Å². The number of nitrogens with zero attached hydrogens (tertiary/aromatic N) is 1. The molecule has 0 aromatic heterocycles. The zero-order valence-electron chi connectivity index (χ0n) is 13.3. The van der Waals surface area contributed by atoms with Crippen LogP contribution in [0.3, 0.4) is 0 Å². The Balaban J connectivity index is 1.81. The molecule has 1 saturated carbocycles. The summed E-state index contributed by atoms with van der Waals surface area (Å²) < 4.78 is 27.1. The first-order chi connectivity index (χ1) is 11.3. The van der Waals surface area contributed by atoms with Gasteiger partial charge in [0.1, 0.15) is 0 Å². The van der Waals surface area contributed by atoms with Gasteiger partial charge >= 0.3 is 5.97 Å². The lowest BCUT2D eigenvalue weighted by Crippen LogP contribution is -2.37. The van der Waals surface area contributed by atoms with Crippen LogP contribution in [0.5, 0.6) is 0 Å². The van der Waals surface area contributed by atoms with Gasteiger partial charge in [0.05, 0.1) is 10.8 Å². The van der Waals surface area contributed by atoms with Gasteiger partial charge in [-0.1, -0.05) is 6.07 Å². The summed E-state index contributed by atoms with van der Waals surface area (Å²) in [7, 11) is -3.63. The molecule has 8 heteroatoms. The topological polar surface area (TPSA) is 104 Å². The Morgan fingerprint density at radius 2 is 1.96 bits per heavy atom. The number of carbonyl (C=O) groups excluding carboxylic acids is 1. The number of sulfonamides is 1. The molecule has 1 aromatic rings. The molecule has 3 rings (SSSR count). The maximum atomic E-state index is 12.7. The molecule has 0 spiro atoms. The van der Waals surface area contributed by atoms with Crippen molar-refractivity contribution in [1.82, 2.24) is 9.62 Å². The van der Waals surface area contributed by atoms with Crippen molar-refractivity contribution in [3.8, 4) is 0 Å². The van der Waals surface area contributed by atoms with Gasteiger partial charge in [-0.05, 0) is 44.4 Å². The predicted molar refractivity (Wildman–Crippen MR) is 86.0 cm³/mol. The van der Waals surface area contributed by atoms with Gasteiger partial charge in [-0.2, -0.15) is 0 Å². The number of rotatable bonds is 5. The third-order valence-electron chi connectivity index (χ3n) is 4.62. The quantitative estimate of drug-likeness (QED) is 0.825. The Labute approximate surface area is 140 Å². The minimum Gasteiger partial charge on any atom is -0.481 e. The molecule has 1 aliphatic carbocycles. The van der Waals surface area contributed by atoms with E-state index < -0.39 is 28.0 Å². The number of likely N-dealkylation sites (tertiary alicyclic amines) is 1. The van der Waals surface area contributed by atoms with Crippen molar-refractivity contribution in [2.75, 3.05) is 6.54 Å². The zero-order valence-corrected chi connectivity index (χ0v) is 14.1. The molecule has 2 unspecified atom stereocenters. The average Bonchev–Trinajstić information content (AvgIpc) is 3.25. The van der Waals surface area contributed by atoms with Crippen molar-refractivity contribution < 1.29 is 23.1 Å². The molecular formula is C16H20N2O5S. The third kappa shape index (κ3) is 3.29. The number of hydrogen-bond acceptors (Lipinski definition) is 4. The molecule has 1 aromatic carbocycles. The first-order valence-corrected chi connectivity index (χ1v) is 9.44. The average molecular weight is 352 g/mol. The number of carboxylic acid groups (broad SMARTS) is 1. The van der Waals surface area contributed by atoms with Gasteiger partial charge in [0.2, 0.25) is 10.0 Å². The number of benzene rings is 1. The number of carbonyl (C=O) groups is 2. The van der Waals surface area contributed by atoms with Crippen LogP contribution in [0.4, 0.5) is 0 Å². The van der Waals surface area contributed by atoms with E-state index in [1.54, 1.807) is 13.0 Å². The minimum absolute atomic E-state index is 0.00992. The molecule has 1 heterocycles. The molecule has 2 atom stereocenters. The van der Waals surface area contributed by atoms with E-state index in [0.29, 0.717) is 13.0 Å².